The Morgan fingerprint density at radius 2 is 2.07 bits per heavy atom. The fraction of sp³-hybridized carbons (Fsp3) is 0.350. The van der Waals surface area contributed by atoms with Crippen molar-refractivity contribution in [2.45, 2.75) is 18.9 Å². The summed E-state index contributed by atoms with van der Waals surface area (Å²) in [5.74, 6) is 0.109. The first-order valence-electron chi connectivity index (χ1n) is 9.19. The van der Waals surface area contributed by atoms with Crippen LogP contribution in [-0.2, 0) is 9.59 Å². The van der Waals surface area contributed by atoms with Gasteiger partial charge in [0.25, 0.3) is 0 Å². The van der Waals surface area contributed by atoms with Crippen molar-refractivity contribution < 1.29 is 14.7 Å². The molecule has 1 aromatic carbocycles. The number of carbonyl (C=O) groups excluding carboxylic acids is 2. The normalized spacial score (nSPS) is 13.9. The minimum Gasteiger partial charge on any atom is -0.394 e. The average molecular weight is 394 g/mol. The number of hydrogen-bond acceptors (Lipinski definition) is 7. The second-order valence-corrected chi connectivity index (χ2v) is 7.03. The lowest BCUT2D eigenvalue weighted by atomic mass is 10.1. The van der Waals surface area contributed by atoms with E-state index in [1.807, 2.05) is 0 Å². The van der Waals surface area contributed by atoms with E-state index in [2.05, 4.69) is 26.7 Å². The summed E-state index contributed by atoms with van der Waals surface area (Å²) in [7, 11) is 3.18. The SMILES string of the molecule is CN(C)C(=O)C(CO)Nc1cc(-c2cnc(NC(=O)C3CC3)cn2)ccc1C#N. The van der Waals surface area contributed by atoms with Crippen LogP contribution in [0.1, 0.15) is 18.4 Å². The standard InChI is InChI=1S/C20H22N6O3/c1-26(2)20(29)17(11-27)24-15-7-13(5-6-14(15)8-21)16-9-23-18(10-22-16)25-19(28)12-3-4-12/h5-7,9-10,12,17,24,27H,3-4,11H2,1-2H3,(H,23,25,28). The molecule has 1 atom stereocenters. The zero-order chi connectivity index (χ0) is 21.0. The summed E-state index contributed by atoms with van der Waals surface area (Å²) in [6, 6.07) is 6.20. The maximum absolute atomic E-state index is 12.2. The Bertz CT molecular complexity index is 948. The molecule has 0 spiro atoms. The summed E-state index contributed by atoms with van der Waals surface area (Å²) in [5.41, 5.74) is 1.96. The van der Waals surface area contributed by atoms with Crippen LogP contribution in [-0.4, -0.2) is 58.5 Å². The third kappa shape index (κ3) is 4.86. The summed E-state index contributed by atoms with van der Waals surface area (Å²) in [6.45, 7) is -0.415. The van der Waals surface area contributed by atoms with Crippen LogP contribution in [0.4, 0.5) is 11.5 Å². The van der Waals surface area contributed by atoms with Gasteiger partial charge in [-0.1, -0.05) is 6.07 Å². The van der Waals surface area contributed by atoms with Crippen LogP contribution < -0.4 is 10.6 Å². The molecule has 9 heteroatoms. The molecule has 1 aliphatic carbocycles. The van der Waals surface area contributed by atoms with Gasteiger partial charge >= 0.3 is 0 Å². The molecule has 0 bridgehead atoms. The lowest BCUT2D eigenvalue weighted by Crippen LogP contribution is -2.41. The molecule has 29 heavy (non-hydrogen) atoms. The van der Waals surface area contributed by atoms with Crippen LogP contribution in [0, 0.1) is 17.2 Å². The minimum atomic E-state index is -0.876. The Morgan fingerprint density at radius 1 is 1.31 bits per heavy atom. The van der Waals surface area contributed by atoms with E-state index in [1.54, 1.807) is 32.3 Å². The fourth-order valence-electron chi connectivity index (χ4n) is 2.72. The first-order valence-corrected chi connectivity index (χ1v) is 9.19. The van der Waals surface area contributed by atoms with Crippen molar-refractivity contribution in [3.8, 4) is 17.3 Å². The minimum absolute atomic E-state index is 0.0440. The molecule has 150 valence electrons. The Hall–Kier alpha value is -3.51. The molecule has 1 unspecified atom stereocenters. The molecular weight excluding hydrogens is 372 g/mol. The van der Waals surface area contributed by atoms with Gasteiger partial charge < -0.3 is 20.6 Å². The second kappa shape index (κ2) is 8.67. The Balaban J connectivity index is 1.81. The Kier molecular flexibility index (Phi) is 6.04. The molecule has 0 saturated heterocycles. The van der Waals surface area contributed by atoms with E-state index in [9.17, 15) is 20.0 Å². The average Bonchev–Trinajstić information content (AvgIpc) is 3.57. The lowest BCUT2D eigenvalue weighted by molar-refractivity contribution is -0.130. The maximum Gasteiger partial charge on any atom is 0.246 e. The van der Waals surface area contributed by atoms with Gasteiger partial charge in [0.15, 0.2) is 5.82 Å². The second-order valence-electron chi connectivity index (χ2n) is 7.03. The highest BCUT2D eigenvalue weighted by molar-refractivity contribution is 5.93. The first kappa shape index (κ1) is 20.2. The van der Waals surface area contributed by atoms with Crippen molar-refractivity contribution >= 4 is 23.3 Å². The highest BCUT2D eigenvalue weighted by atomic mass is 16.3. The van der Waals surface area contributed by atoms with Crippen molar-refractivity contribution in [2.75, 3.05) is 31.3 Å². The van der Waals surface area contributed by atoms with Crippen LogP contribution in [0.25, 0.3) is 11.3 Å². The molecule has 0 radical (unpaired) electrons. The summed E-state index contributed by atoms with van der Waals surface area (Å²) in [5, 5.41) is 24.6. The molecule has 3 rings (SSSR count). The predicted octanol–water partition coefficient (Wildman–Crippen LogP) is 1.22. The molecule has 2 aromatic rings. The summed E-state index contributed by atoms with van der Waals surface area (Å²) < 4.78 is 0. The van der Waals surface area contributed by atoms with Gasteiger partial charge in [0.05, 0.1) is 35.9 Å². The monoisotopic (exact) mass is 394 g/mol. The van der Waals surface area contributed by atoms with Crippen molar-refractivity contribution in [2.24, 2.45) is 5.92 Å². The van der Waals surface area contributed by atoms with Gasteiger partial charge in [0, 0.05) is 25.6 Å². The van der Waals surface area contributed by atoms with Gasteiger partial charge in [-0.3, -0.25) is 14.6 Å². The molecule has 9 nitrogen and oxygen atoms in total. The number of anilines is 2. The molecule has 1 fully saturated rings. The smallest absolute Gasteiger partial charge is 0.246 e. The zero-order valence-electron chi connectivity index (χ0n) is 16.2. The van der Waals surface area contributed by atoms with Gasteiger partial charge in [-0.25, -0.2) is 4.98 Å². The van der Waals surface area contributed by atoms with Crippen LogP contribution in [0.15, 0.2) is 30.6 Å². The van der Waals surface area contributed by atoms with E-state index < -0.39 is 12.6 Å². The van der Waals surface area contributed by atoms with E-state index in [0.717, 1.165) is 12.8 Å². The number of nitrogens with zero attached hydrogens (tertiary/aromatic N) is 4. The molecule has 1 saturated carbocycles. The molecule has 2 amide bonds. The number of aromatic nitrogens is 2. The van der Waals surface area contributed by atoms with E-state index in [1.165, 1.54) is 17.3 Å². The maximum atomic E-state index is 12.2. The van der Waals surface area contributed by atoms with E-state index in [0.29, 0.717) is 28.3 Å². The number of hydrogen-bond donors (Lipinski definition) is 3. The highest BCUT2D eigenvalue weighted by Gasteiger charge is 2.29. The van der Waals surface area contributed by atoms with Crippen molar-refractivity contribution in [1.29, 1.82) is 5.26 Å². The van der Waals surface area contributed by atoms with Crippen molar-refractivity contribution in [3.63, 3.8) is 0 Å². The Labute approximate surface area is 168 Å². The number of amides is 2. The number of benzene rings is 1. The van der Waals surface area contributed by atoms with Crippen molar-refractivity contribution in [1.82, 2.24) is 14.9 Å². The molecule has 1 aliphatic rings. The number of likely N-dealkylation sites (N-methyl/N-ethyl adjacent to an activating group) is 1. The number of aliphatic hydroxyl groups is 1. The molecular formula is C20H22N6O3. The van der Waals surface area contributed by atoms with Gasteiger partial charge in [0.2, 0.25) is 11.8 Å². The third-order valence-corrected chi connectivity index (χ3v) is 4.54. The lowest BCUT2D eigenvalue weighted by Gasteiger charge is -2.21. The molecule has 0 aliphatic heterocycles. The quantitative estimate of drug-likeness (QED) is 0.643. The van der Waals surface area contributed by atoms with Crippen LogP contribution in [0.2, 0.25) is 0 Å². The summed E-state index contributed by atoms with van der Waals surface area (Å²) in [4.78, 5) is 33.9. The first-order chi connectivity index (χ1) is 13.9. The summed E-state index contributed by atoms with van der Waals surface area (Å²) >= 11 is 0. The van der Waals surface area contributed by atoms with Gasteiger partial charge in [-0.2, -0.15) is 5.26 Å². The van der Waals surface area contributed by atoms with E-state index in [-0.39, 0.29) is 17.7 Å². The van der Waals surface area contributed by atoms with Gasteiger partial charge in [-0.15, -0.1) is 0 Å². The molecule has 1 aromatic heterocycles. The highest BCUT2D eigenvalue weighted by Crippen LogP contribution is 2.30. The third-order valence-electron chi connectivity index (χ3n) is 4.54. The molecule has 3 N–H and O–H groups in total. The van der Waals surface area contributed by atoms with Crippen molar-refractivity contribution in [3.05, 3.63) is 36.2 Å². The largest absolute Gasteiger partial charge is 0.394 e. The number of carbonyl (C=O) groups is 2. The van der Waals surface area contributed by atoms with Gasteiger partial charge in [0.1, 0.15) is 12.1 Å². The predicted molar refractivity (Wildman–Crippen MR) is 107 cm³/mol. The number of nitrogens with one attached hydrogen (secondary N) is 2. The van der Waals surface area contributed by atoms with Gasteiger partial charge in [-0.05, 0) is 25.0 Å². The van der Waals surface area contributed by atoms with E-state index >= 15 is 0 Å². The van der Waals surface area contributed by atoms with Crippen LogP contribution in [0.3, 0.4) is 0 Å². The van der Waals surface area contributed by atoms with Crippen LogP contribution in [0.5, 0.6) is 0 Å². The Morgan fingerprint density at radius 3 is 2.62 bits per heavy atom. The fourth-order valence-corrected chi connectivity index (χ4v) is 2.72. The molecule has 1 heterocycles. The zero-order valence-corrected chi connectivity index (χ0v) is 16.2. The van der Waals surface area contributed by atoms with Crippen LogP contribution >= 0.6 is 0 Å². The number of aliphatic hydroxyl groups excluding tert-OH is 1. The summed E-state index contributed by atoms with van der Waals surface area (Å²) in [6.07, 6.45) is 4.82. The number of nitriles is 1. The van der Waals surface area contributed by atoms with E-state index in [4.69, 9.17) is 0 Å². The topological polar surface area (TPSA) is 131 Å². The number of rotatable bonds is 7.